The van der Waals surface area contributed by atoms with Crippen molar-refractivity contribution in [1.82, 2.24) is 19.5 Å². The molecule has 0 aliphatic heterocycles. The molecule has 108 valence electrons. The number of imidazole rings is 1. The Labute approximate surface area is 124 Å². The minimum absolute atomic E-state index is 0.127. The number of halogens is 1. The van der Waals surface area contributed by atoms with Crippen molar-refractivity contribution in [3.05, 3.63) is 35.3 Å². The van der Waals surface area contributed by atoms with Gasteiger partial charge in [-0.05, 0) is 6.92 Å². The van der Waals surface area contributed by atoms with Crippen LogP contribution in [0.15, 0.2) is 18.7 Å². The summed E-state index contributed by atoms with van der Waals surface area (Å²) < 4.78 is 2.01. The molecule has 0 spiro atoms. The molecule has 20 heavy (non-hydrogen) atoms. The molecule has 1 N–H and O–H groups in total. The van der Waals surface area contributed by atoms with Crippen LogP contribution in [-0.2, 0) is 12.0 Å². The van der Waals surface area contributed by atoms with Crippen molar-refractivity contribution in [3.8, 4) is 0 Å². The lowest BCUT2D eigenvalue weighted by Gasteiger charge is -2.19. The van der Waals surface area contributed by atoms with Gasteiger partial charge in [0.2, 0.25) is 0 Å². The van der Waals surface area contributed by atoms with Crippen molar-refractivity contribution in [3.63, 3.8) is 0 Å². The Balaban J connectivity index is 2.12. The van der Waals surface area contributed by atoms with Gasteiger partial charge in [-0.3, -0.25) is 0 Å². The van der Waals surface area contributed by atoms with Gasteiger partial charge in [-0.1, -0.05) is 32.4 Å². The van der Waals surface area contributed by atoms with Crippen LogP contribution in [0.3, 0.4) is 0 Å². The van der Waals surface area contributed by atoms with Crippen LogP contribution < -0.4 is 5.32 Å². The normalized spacial score (nSPS) is 11.7. The zero-order valence-electron chi connectivity index (χ0n) is 12.3. The largest absolute Gasteiger partial charge is 0.368 e. The molecule has 0 fully saturated rings. The number of hydrogen-bond donors (Lipinski definition) is 1. The van der Waals surface area contributed by atoms with Gasteiger partial charge in [0, 0.05) is 36.5 Å². The van der Waals surface area contributed by atoms with Crippen LogP contribution in [0, 0.1) is 6.92 Å². The summed E-state index contributed by atoms with van der Waals surface area (Å²) in [6.07, 6.45) is 5.49. The second kappa shape index (κ2) is 5.79. The molecule has 0 bridgehead atoms. The fourth-order valence-corrected chi connectivity index (χ4v) is 1.89. The molecule has 5 nitrogen and oxygen atoms in total. The van der Waals surface area contributed by atoms with Crippen LogP contribution >= 0.6 is 11.6 Å². The Bertz CT molecular complexity index is 572. The van der Waals surface area contributed by atoms with E-state index in [1.165, 1.54) is 0 Å². The van der Waals surface area contributed by atoms with Crippen LogP contribution in [-0.4, -0.2) is 26.1 Å². The zero-order valence-corrected chi connectivity index (χ0v) is 13.1. The Hall–Kier alpha value is -1.62. The van der Waals surface area contributed by atoms with Gasteiger partial charge in [0.15, 0.2) is 0 Å². The Morgan fingerprint density at radius 3 is 2.65 bits per heavy atom. The average Bonchev–Trinajstić information content (AvgIpc) is 2.86. The summed E-state index contributed by atoms with van der Waals surface area (Å²) in [6.45, 7) is 9.73. The van der Waals surface area contributed by atoms with Gasteiger partial charge in [0.25, 0.3) is 0 Å². The van der Waals surface area contributed by atoms with Gasteiger partial charge in [0.1, 0.15) is 16.8 Å². The molecule has 0 atom stereocenters. The van der Waals surface area contributed by atoms with E-state index < -0.39 is 0 Å². The van der Waals surface area contributed by atoms with Crippen LogP contribution in [0.25, 0.3) is 0 Å². The van der Waals surface area contributed by atoms with E-state index in [4.69, 9.17) is 11.6 Å². The van der Waals surface area contributed by atoms with Crippen molar-refractivity contribution >= 4 is 17.4 Å². The third kappa shape index (κ3) is 3.48. The first-order valence-corrected chi connectivity index (χ1v) is 7.00. The topological polar surface area (TPSA) is 55.6 Å². The standard InChI is InChI=1S/C14H20ClN5/c1-10-11(15)18-13(14(2,3)4)19-12(10)17-6-8-20-7-5-16-9-20/h5,7,9H,6,8H2,1-4H3,(H,17,18,19). The van der Waals surface area contributed by atoms with Crippen LogP contribution in [0.1, 0.15) is 32.2 Å². The van der Waals surface area contributed by atoms with E-state index in [0.29, 0.717) is 5.15 Å². The summed E-state index contributed by atoms with van der Waals surface area (Å²) in [5.41, 5.74) is 0.753. The van der Waals surface area contributed by atoms with Gasteiger partial charge in [-0.15, -0.1) is 0 Å². The number of nitrogens with zero attached hydrogens (tertiary/aromatic N) is 4. The van der Waals surface area contributed by atoms with Gasteiger partial charge in [-0.2, -0.15) is 0 Å². The van der Waals surface area contributed by atoms with Crippen LogP contribution in [0.2, 0.25) is 5.15 Å². The van der Waals surface area contributed by atoms with Gasteiger partial charge >= 0.3 is 0 Å². The molecule has 6 heteroatoms. The minimum atomic E-state index is -0.127. The number of anilines is 1. The molecular formula is C14H20ClN5. The Kier molecular flexibility index (Phi) is 4.28. The second-order valence-electron chi connectivity index (χ2n) is 5.79. The summed E-state index contributed by atoms with van der Waals surface area (Å²) in [5, 5.41) is 3.83. The fraction of sp³-hybridized carbons (Fsp3) is 0.500. The molecule has 0 saturated carbocycles. The first kappa shape index (κ1) is 14.8. The maximum atomic E-state index is 6.20. The van der Waals surface area contributed by atoms with Crippen molar-refractivity contribution in [2.75, 3.05) is 11.9 Å². The Morgan fingerprint density at radius 1 is 1.30 bits per heavy atom. The minimum Gasteiger partial charge on any atom is -0.368 e. The van der Waals surface area contributed by atoms with Crippen molar-refractivity contribution in [2.24, 2.45) is 0 Å². The third-order valence-electron chi connectivity index (χ3n) is 2.98. The smallest absolute Gasteiger partial charge is 0.137 e. The molecular weight excluding hydrogens is 274 g/mol. The predicted molar refractivity (Wildman–Crippen MR) is 81.2 cm³/mol. The molecule has 0 radical (unpaired) electrons. The molecule has 2 aromatic heterocycles. The first-order valence-electron chi connectivity index (χ1n) is 6.62. The van der Waals surface area contributed by atoms with Crippen molar-refractivity contribution in [2.45, 2.75) is 39.7 Å². The molecule has 2 rings (SSSR count). The van der Waals surface area contributed by atoms with Crippen LogP contribution in [0.4, 0.5) is 5.82 Å². The predicted octanol–water partition coefficient (Wildman–Crippen LogP) is 3.04. The molecule has 0 aliphatic carbocycles. The molecule has 0 amide bonds. The summed E-state index contributed by atoms with van der Waals surface area (Å²) in [6, 6.07) is 0. The monoisotopic (exact) mass is 293 g/mol. The van der Waals surface area contributed by atoms with Crippen molar-refractivity contribution in [1.29, 1.82) is 0 Å². The highest BCUT2D eigenvalue weighted by Crippen LogP contribution is 2.25. The van der Waals surface area contributed by atoms with Crippen LogP contribution in [0.5, 0.6) is 0 Å². The van der Waals surface area contributed by atoms with E-state index in [1.807, 2.05) is 17.7 Å². The molecule has 0 saturated heterocycles. The van der Waals surface area contributed by atoms with E-state index in [-0.39, 0.29) is 5.41 Å². The lowest BCUT2D eigenvalue weighted by molar-refractivity contribution is 0.545. The quantitative estimate of drug-likeness (QED) is 0.880. The summed E-state index contributed by atoms with van der Waals surface area (Å²) in [7, 11) is 0. The van der Waals surface area contributed by atoms with Gasteiger partial charge < -0.3 is 9.88 Å². The maximum Gasteiger partial charge on any atom is 0.137 e. The molecule has 0 aliphatic rings. The van der Waals surface area contributed by atoms with E-state index in [9.17, 15) is 0 Å². The highest BCUT2D eigenvalue weighted by Gasteiger charge is 2.20. The molecule has 0 unspecified atom stereocenters. The third-order valence-corrected chi connectivity index (χ3v) is 3.35. The lowest BCUT2D eigenvalue weighted by atomic mass is 9.95. The lowest BCUT2D eigenvalue weighted by Crippen LogP contribution is -2.19. The maximum absolute atomic E-state index is 6.20. The fourth-order valence-electron chi connectivity index (χ4n) is 1.72. The SMILES string of the molecule is Cc1c(Cl)nc(C(C)(C)C)nc1NCCn1ccnc1. The first-order chi connectivity index (χ1) is 9.38. The molecule has 2 aromatic rings. The number of rotatable bonds is 4. The summed E-state index contributed by atoms with van der Waals surface area (Å²) >= 11 is 6.20. The van der Waals surface area contributed by atoms with Crippen molar-refractivity contribution < 1.29 is 0 Å². The second-order valence-corrected chi connectivity index (χ2v) is 6.15. The molecule has 2 heterocycles. The van der Waals surface area contributed by atoms with E-state index in [0.717, 1.165) is 30.3 Å². The Morgan fingerprint density at radius 2 is 2.05 bits per heavy atom. The summed E-state index contributed by atoms with van der Waals surface area (Å²) in [5.74, 6) is 1.55. The average molecular weight is 294 g/mol. The number of nitrogens with one attached hydrogen (secondary N) is 1. The highest BCUT2D eigenvalue weighted by molar-refractivity contribution is 6.30. The van der Waals surface area contributed by atoms with Gasteiger partial charge in [0.05, 0.1) is 6.33 Å². The number of aromatic nitrogens is 4. The number of hydrogen-bond acceptors (Lipinski definition) is 4. The van der Waals surface area contributed by atoms with Gasteiger partial charge in [-0.25, -0.2) is 15.0 Å². The highest BCUT2D eigenvalue weighted by atomic mass is 35.5. The van der Waals surface area contributed by atoms with E-state index in [2.05, 4.69) is 41.0 Å². The van der Waals surface area contributed by atoms with E-state index >= 15 is 0 Å². The molecule has 0 aromatic carbocycles. The van der Waals surface area contributed by atoms with E-state index in [1.54, 1.807) is 12.5 Å². The summed E-state index contributed by atoms with van der Waals surface area (Å²) in [4.78, 5) is 13.0. The zero-order chi connectivity index (χ0) is 14.8.